The van der Waals surface area contributed by atoms with Crippen molar-refractivity contribution in [2.45, 2.75) is 0 Å². The highest BCUT2D eigenvalue weighted by atomic mass is 16.4. The number of aromatic nitrogens is 1. The van der Waals surface area contributed by atoms with Gasteiger partial charge in [-0.2, -0.15) is 4.99 Å². The van der Waals surface area contributed by atoms with Crippen LogP contribution in [0.3, 0.4) is 0 Å². The number of nitrogen functional groups attached to an aromatic ring is 1. The summed E-state index contributed by atoms with van der Waals surface area (Å²) in [6, 6.07) is 12.4. The smallest absolute Gasteiger partial charge is 0.352 e. The van der Waals surface area contributed by atoms with E-state index in [2.05, 4.69) is 15.3 Å². The van der Waals surface area contributed by atoms with E-state index in [-0.39, 0.29) is 18.1 Å². The summed E-state index contributed by atoms with van der Waals surface area (Å²) in [7, 11) is 0. The molecule has 10 heteroatoms. The fourth-order valence-corrected chi connectivity index (χ4v) is 3.10. The predicted molar refractivity (Wildman–Crippen MR) is 115 cm³/mol. The van der Waals surface area contributed by atoms with E-state index in [0.29, 0.717) is 22.6 Å². The van der Waals surface area contributed by atoms with Gasteiger partial charge in [-0.1, -0.05) is 12.1 Å². The van der Waals surface area contributed by atoms with Crippen LogP contribution in [0.2, 0.25) is 0 Å². The molecule has 31 heavy (non-hydrogen) atoms. The Hall–Kier alpha value is -4.60. The number of amides is 3. The number of rotatable bonds is 5. The second-order valence-electron chi connectivity index (χ2n) is 6.78. The van der Waals surface area contributed by atoms with Crippen molar-refractivity contribution in [1.82, 2.24) is 4.98 Å². The van der Waals surface area contributed by atoms with Gasteiger partial charge in [0.25, 0.3) is 5.91 Å². The first kappa shape index (κ1) is 19.7. The number of anilines is 2. The number of carbonyl (C=O) groups excluding carboxylic acids is 2. The molecule has 0 saturated carbocycles. The lowest BCUT2D eigenvalue weighted by molar-refractivity contribution is -0.129. The largest absolute Gasteiger partial charge is 0.477 e. The van der Waals surface area contributed by atoms with Crippen LogP contribution in [0.4, 0.5) is 16.3 Å². The monoisotopic (exact) mass is 416 g/mol. The molecule has 2 heterocycles. The number of carboxylic acids is 1. The molecular weight excluding hydrogens is 400 g/mol. The number of fused-ring (bicyclic) bond motifs is 1. The van der Waals surface area contributed by atoms with Crippen molar-refractivity contribution in [3.05, 3.63) is 65.9 Å². The van der Waals surface area contributed by atoms with Crippen molar-refractivity contribution in [1.29, 1.82) is 5.41 Å². The van der Waals surface area contributed by atoms with E-state index in [4.69, 9.17) is 16.2 Å². The minimum Gasteiger partial charge on any atom is -0.477 e. The zero-order chi connectivity index (χ0) is 22.1. The maximum atomic E-state index is 12.6. The van der Waals surface area contributed by atoms with Gasteiger partial charge in [-0.25, -0.2) is 14.6 Å². The molecule has 3 aromatic rings. The third-order valence-electron chi connectivity index (χ3n) is 4.73. The van der Waals surface area contributed by atoms with Crippen LogP contribution in [-0.2, 0) is 4.79 Å². The molecule has 3 amide bonds. The summed E-state index contributed by atoms with van der Waals surface area (Å²) in [5.74, 6) is -1.32. The van der Waals surface area contributed by atoms with E-state index in [1.165, 1.54) is 17.0 Å². The quantitative estimate of drug-likeness (QED) is 0.368. The number of benzene rings is 2. The second-order valence-corrected chi connectivity index (χ2v) is 6.78. The Balaban J connectivity index is 1.48. The zero-order valence-corrected chi connectivity index (χ0v) is 16.0. The van der Waals surface area contributed by atoms with Crippen LogP contribution in [0.15, 0.2) is 59.7 Å². The molecule has 154 valence electrons. The normalized spacial score (nSPS) is 13.2. The Kier molecular flexibility index (Phi) is 4.88. The maximum Gasteiger partial charge on any atom is 0.352 e. The summed E-state index contributed by atoms with van der Waals surface area (Å²) in [5.41, 5.74) is 6.62. The van der Waals surface area contributed by atoms with E-state index in [9.17, 15) is 14.4 Å². The van der Waals surface area contributed by atoms with Crippen LogP contribution in [0.25, 0.3) is 10.8 Å². The number of carboxylic acid groups (broad SMARTS) is 1. The third-order valence-corrected chi connectivity index (χ3v) is 4.73. The number of nitrogens with one attached hydrogen (secondary N) is 2. The summed E-state index contributed by atoms with van der Waals surface area (Å²) < 4.78 is 0. The summed E-state index contributed by atoms with van der Waals surface area (Å²) in [5, 5.41) is 20.8. The lowest BCUT2D eigenvalue weighted by Gasteiger charge is -2.14. The van der Waals surface area contributed by atoms with Crippen LogP contribution >= 0.6 is 0 Å². The lowest BCUT2D eigenvalue weighted by Crippen LogP contribution is -2.28. The number of pyridine rings is 1. The SMILES string of the molecule is N=C(N)c1ccc2cc(NC(=O)c3ccc(N4CC(C(=O)O)=NC4=O)cc3)ncc2c1. The molecule has 1 aromatic heterocycles. The average Bonchev–Trinajstić information content (AvgIpc) is 3.15. The Morgan fingerprint density at radius 2 is 1.77 bits per heavy atom. The average molecular weight is 416 g/mol. The number of urea groups is 1. The molecule has 0 aliphatic carbocycles. The standard InChI is InChI=1S/C21H16N6O4/c22-18(23)13-2-1-12-8-17(24-9-14(12)7-13)26-19(28)11-3-5-15(6-4-11)27-10-16(20(29)30)25-21(27)31/h1-9H,10H2,(H3,22,23)(H,29,30)(H,24,26,28). The Labute approximate surface area is 175 Å². The molecule has 0 atom stereocenters. The van der Waals surface area contributed by atoms with Gasteiger partial charge in [-0.15, -0.1) is 0 Å². The van der Waals surface area contributed by atoms with E-state index >= 15 is 0 Å². The van der Waals surface area contributed by atoms with Crippen molar-refractivity contribution < 1.29 is 19.5 Å². The molecule has 0 saturated heterocycles. The molecule has 0 radical (unpaired) electrons. The fourth-order valence-electron chi connectivity index (χ4n) is 3.10. The van der Waals surface area contributed by atoms with Gasteiger partial charge in [0, 0.05) is 28.4 Å². The van der Waals surface area contributed by atoms with Crippen molar-refractivity contribution in [3.8, 4) is 0 Å². The number of nitrogens with zero attached hydrogens (tertiary/aromatic N) is 3. The molecule has 2 aromatic carbocycles. The molecule has 4 rings (SSSR count). The number of nitrogens with two attached hydrogens (primary N) is 1. The molecule has 5 N–H and O–H groups in total. The Morgan fingerprint density at radius 1 is 1.06 bits per heavy atom. The highest BCUT2D eigenvalue weighted by Crippen LogP contribution is 2.21. The van der Waals surface area contributed by atoms with E-state index in [1.807, 2.05) is 0 Å². The number of carbonyl (C=O) groups is 3. The highest BCUT2D eigenvalue weighted by Gasteiger charge is 2.28. The number of aliphatic carboxylic acids is 1. The first-order valence-electron chi connectivity index (χ1n) is 9.10. The topological polar surface area (TPSA) is 162 Å². The summed E-state index contributed by atoms with van der Waals surface area (Å²) in [6.07, 6.45) is 1.58. The van der Waals surface area contributed by atoms with Crippen molar-refractivity contribution in [3.63, 3.8) is 0 Å². The van der Waals surface area contributed by atoms with Gasteiger partial charge >= 0.3 is 12.0 Å². The maximum absolute atomic E-state index is 12.6. The summed E-state index contributed by atoms with van der Waals surface area (Å²) >= 11 is 0. The second kappa shape index (κ2) is 7.67. The predicted octanol–water partition coefficient (Wildman–Crippen LogP) is 2.24. The molecular formula is C21H16N6O4. The van der Waals surface area contributed by atoms with Gasteiger partial charge in [0.2, 0.25) is 0 Å². The van der Waals surface area contributed by atoms with Gasteiger partial charge in [0.05, 0.1) is 6.54 Å². The zero-order valence-electron chi connectivity index (χ0n) is 16.0. The lowest BCUT2D eigenvalue weighted by atomic mass is 10.1. The first-order valence-corrected chi connectivity index (χ1v) is 9.10. The molecule has 1 aliphatic heterocycles. The molecule has 0 unspecified atom stereocenters. The van der Waals surface area contributed by atoms with Crippen LogP contribution in [0.1, 0.15) is 15.9 Å². The molecule has 0 fully saturated rings. The third kappa shape index (κ3) is 3.94. The van der Waals surface area contributed by atoms with Crippen molar-refractivity contribution >= 4 is 51.7 Å². The van der Waals surface area contributed by atoms with Crippen LogP contribution in [0, 0.1) is 5.41 Å². The number of amidine groups is 1. The summed E-state index contributed by atoms with van der Waals surface area (Å²) in [4.78, 5) is 44.4. The molecule has 0 bridgehead atoms. The van der Waals surface area contributed by atoms with Crippen LogP contribution < -0.4 is 16.0 Å². The molecule has 0 spiro atoms. The first-order chi connectivity index (χ1) is 14.8. The van der Waals surface area contributed by atoms with Gasteiger partial charge in [-0.05, 0) is 41.8 Å². The van der Waals surface area contributed by atoms with Gasteiger partial charge in [0.15, 0.2) is 5.71 Å². The van der Waals surface area contributed by atoms with E-state index < -0.39 is 17.9 Å². The van der Waals surface area contributed by atoms with Crippen LogP contribution in [-0.4, -0.2) is 46.1 Å². The molecule has 10 nitrogen and oxygen atoms in total. The van der Waals surface area contributed by atoms with Crippen LogP contribution in [0.5, 0.6) is 0 Å². The van der Waals surface area contributed by atoms with E-state index in [1.54, 1.807) is 42.6 Å². The minimum absolute atomic E-state index is 0.0379. The van der Waals surface area contributed by atoms with Gasteiger partial charge in [-0.3, -0.25) is 15.1 Å². The van der Waals surface area contributed by atoms with Gasteiger partial charge < -0.3 is 16.2 Å². The highest BCUT2D eigenvalue weighted by molar-refractivity contribution is 6.41. The fraction of sp³-hybridized carbons (Fsp3) is 0.0476. The van der Waals surface area contributed by atoms with Gasteiger partial charge in [0.1, 0.15) is 11.7 Å². The number of aliphatic imine (C=N–C) groups is 1. The summed E-state index contributed by atoms with van der Waals surface area (Å²) in [6.45, 7) is -0.133. The number of hydrogen-bond donors (Lipinski definition) is 4. The van der Waals surface area contributed by atoms with E-state index in [0.717, 1.165) is 10.8 Å². The molecule has 1 aliphatic rings. The Morgan fingerprint density at radius 3 is 2.42 bits per heavy atom. The van der Waals surface area contributed by atoms with Crippen molar-refractivity contribution in [2.24, 2.45) is 10.7 Å². The Bertz CT molecular complexity index is 1280. The van der Waals surface area contributed by atoms with Crippen molar-refractivity contribution in [2.75, 3.05) is 16.8 Å². The number of hydrogen-bond acceptors (Lipinski definition) is 5. The minimum atomic E-state index is -1.24.